The van der Waals surface area contributed by atoms with E-state index >= 15 is 0 Å². The molecule has 7 heteroatoms. The average molecular weight is 391 g/mol. The van der Waals surface area contributed by atoms with Crippen molar-refractivity contribution < 1.29 is 4.79 Å². The number of benzene rings is 1. The van der Waals surface area contributed by atoms with Crippen LogP contribution in [0.1, 0.15) is 33.6 Å². The first kappa shape index (κ1) is 19.1. The first-order valence-electron chi connectivity index (χ1n) is 9.81. The van der Waals surface area contributed by atoms with Gasteiger partial charge in [-0.2, -0.15) is 0 Å². The van der Waals surface area contributed by atoms with Crippen LogP contribution in [0.2, 0.25) is 0 Å². The van der Waals surface area contributed by atoms with Crippen molar-refractivity contribution in [3.05, 3.63) is 81.5 Å². The summed E-state index contributed by atoms with van der Waals surface area (Å²) in [6, 6.07) is 11.2. The summed E-state index contributed by atoms with van der Waals surface area (Å²) >= 11 is 0. The van der Waals surface area contributed by atoms with Crippen LogP contribution in [-0.2, 0) is 6.54 Å². The number of hydrogen-bond donors (Lipinski definition) is 2. The summed E-state index contributed by atoms with van der Waals surface area (Å²) in [5, 5.41) is 5.99. The minimum Gasteiger partial charge on any atom is -0.347 e. The van der Waals surface area contributed by atoms with Gasteiger partial charge in [0.15, 0.2) is 0 Å². The number of nitrogens with zero attached hydrogens (tertiary/aromatic N) is 3. The maximum absolute atomic E-state index is 12.7. The Labute approximate surface area is 169 Å². The standard InChI is InChI=1S/C22H25N5O2/c1-15-3-4-19(11-16(15)2)27-21(28)12-20(25-27)22(29)24-18-7-10-26(14-18)13-17-5-8-23-9-6-17/h3-6,8-9,11-12,18,25H,7,10,13-14H2,1-2H3,(H,24,29)/t18-/m0/s1. The molecular formula is C22H25N5O2. The fourth-order valence-electron chi connectivity index (χ4n) is 3.67. The third-order valence-corrected chi connectivity index (χ3v) is 5.48. The number of aryl methyl sites for hydroxylation is 2. The minimum absolute atomic E-state index is 0.0674. The maximum atomic E-state index is 12.7. The van der Waals surface area contributed by atoms with E-state index in [0.717, 1.165) is 42.9 Å². The van der Waals surface area contributed by atoms with Gasteiger partial charge in [-0.3, -0.25) is 24.6 Å². The lowest BCUT2D eigenvalue weighted by Gasteiger charge is -2.16. The van der Waals surface area contributed by atoms with Gasteiger partial charge in [-0.05, 0) is 61.2 Å². The summed E-state index contributed by atoms with van der Waals surface area (Å²) in [5.41, 5.74) is 4.22. The molecule has 3 aromatic rings. The molecule has 4 rings (SSSR count). The quantitative estimate of drug-likeness (QED) is 0.698. The average Bonchev–Trinajstić information content (AvgIpc) is 3.31. The smallest absolute Gasteiger partial charge is 0.271 e. The topological polar surface area (TPSA) is 83.0 Å². The highest BCUT2D eigenvalue weighted by Crippen LogP contribution is 2.14. The van der Waals surface area contributed by atoms with Gasteiger partial charge in [0.1, 0.15) is 5.69 Å². The van der Waals surface area contributed by atoms with E-state index in [9.17, 15) is 9.59 Å². The van der Waals surface area contributed by atoms with Crippen molar-refractivity contribution in [2.45, 2.75) is 32.9 Å². The Kier molecular flexibility index (Phi) is 5.31. The molecular weight excluding hydrogens is 366 g/mol. The van der Waals surface area contributed by atoms with E-state index in [1.807, 2.05) is 44.2 Å². The summed E-state index contributed by atoms with van der Waals surface area (Å²) in [4.78, 5) is 31.4. The maximum Gasteiger partial charge on any atom is 0.271 e. The third-order valence-electron chi connectivity index (χ3n) is 5.48. The number of pyridine rings is 1. The zero-order chi connectivity index (χ0) is 20.4. The van der Waals surface area contributed by atoms with Crippen LogP contribution < -0.4 is 10.9 Å². The zero-order valence-electron chi connectivity index (χ0n) is 16.7. The lowest BCUT2D eigenvalue weighted by molar-refractivity contribution is 0.0932. The fraction of sp³-hybridized carbons (Fsp3) is 0.318. The number of amides is 1. The Bertz CT molecular complexity index is 1070. The first-order chi connectivity index (χ1) is 14.0. The van der Waals surface area contributed by atoms with Crippen LogP contribution in [0.15, 0.2) is 53.6 Å². The molecule has 1 aliphatic rings. The van der Waals surface area contributed by atoms with Crippen molar-refractivity contribution in [1.29, 1.82) is 0 Å². The summed E-state index contributed by atoms with van der Waals surface area (Å²) in [6.07, 6.45) is 4.47. The Morgan fingerprint density at radius 1 is 1.17 bits per heavy atom. The van der Waals surface area contributed by atoms with Gasteiger partial charge in [0, 0.05) is 44.1 Å². The molecule has 0 spiro atoms. The van der Waals surface area contributed by atoms with Gasteiger partial charge < -0.3 is 5.32 Å². The second kappa shape index (κ2) is 8.05. The number of likely N-dealkylation sites (tertiary alicyclic amines) is 1. The molecule has 1 saturated heterocycles. The van der Waals surface area contributed by atoms with Gasteiger partial charge >= 0.3 is 0 Å². The zero-order valence-corrected chi connectivity index (χ0v) is 16.7. The Balaban J connectivity index is 1.40. The molecule has 1 aliphatic heterocycles. The van der Waals surface area contributed by atoms with Crippen LogP contribution in [0.4, 0.5) is 0 Å². The molecule has 2 N–H and O–H groups in total. The predicted molar refractivity (Wildman–Crippen MR) is 111 cm³/mol. The van der Waals surface area contributed by atoms with Crippen molar-refractivity contribution in [3.8, 4) is 5.69 Å². The van der Waals surface area contributed by atoms with E-state index in [2.05, 4.69) is 20.3 Å². The van der Waals surface area contributed by atoms with E-state index in [1.165, 1.54) is 16.3 Å². The molecule has 2 aromatic heterocycles. The molecule has 1 amide bonds. The van der Waals surface area contributed by atoms with E-state index < -0.39 is 0 Å². The van der Waals surface area contributed by atoms with E-state index in [4.69, 9.17) is 0 Å². The highest BCUT2D eigenvalue weighted by atomic mass is 16.2. The van der Waals surface area contributed by atoms with Crippen LogP contribution in [0.25, 0.3) is 5.69 Å². The van der Waals surface area contributed by atoms with Gasteiger partial charge in [0.05, 0.1) is 5.69 Å². The summed E-state index contributed by atoms with van der Waals surface area (Å²) in [7, 11) is 0. The molecule has 3 heterocycles. The summed E-state index contributed by atoms with van der Waals surface area (Å²) in [5.74, 6) is -0.250. The molecule has 1 aromatic carbocycles. The highest BCUT2D eigenvalue weighted by Gasteiger charge is 2.25. The first-order valence-corrected chi connectivity index (χ1v) is 9.81. The molecule has 7 nitrogen and oxygen atoms in total. The number of hydrogen-bond acceptors (Lipinski definition) is 4. The molecule has 150 valence electrons. The number of carbonyl (C=O) groups excluding carboxylic acids is 1. The van der Waals surface area contributed by atoms with Crippen LogP contribution in [0, 0.1) is 13.8 Å². The Morgan fingerprint density at radius 2 is 1.97 bits per heavy atom. The molecule has 0 aliphatic carbocycles. The molecule has 0 unspecified atom stereocenters. The monoisotopic (exact) mass is 391 g/mol. The predicted octanol–water partition coefficient (Wildman–Crippen LogP) is 2.18. The van der Waals surface area contributed by atoms with Crippen molar-refractivity contribution in [2.24, 2.45) is 0 Å². The largest absolute Gasteiger partial charge is 0.347 e. The lowest BCUT2D eigenvalue weighted by Crippen LogP contribution is -2.37. The van der Waals surface area contributed by atoms with Gasteiger partial charge in [0.25, 0.3) is 11.5 Å². The van der Waals surface area contributed by atoms with Crippen LogP contribution >= 0.6 is 0 Å². The number of rotatable bonds is 5. The SMILES string of the molecule is Cc1ccc(-n2[nH]c(C(=O)N[C@H]3CCN(Cc4ccncc4)C3)cc2=O)cc1C. The van der Waals surface area contributed by atoms with E-state index in [0.29, 0.717) is 0 Å². The third kappa shape index (κ3) is 4.30. The highest BCUT2D eigenvalue weighted by molar-refractivity contribution is 5.92. The number of aromatic amines is 1. The second-order valence-corrected chi connectivity index (χ2v) is 7.66. The van der Waals surface area contributed by atoms with Crippen molar-refractivity contribution in [1.82, 2.24) is 25.0 Å². The molecule has 0 radical (unpaired) electrons. The minimum atomic E-state index is -0.250. The fourth-order valence-corrected chi connectivity index (χ4v) is 3.67. The molecule has 0 bridgehead atoms. The number of nitrogens with one attached hydrogen (secondary N) is 2. The number of carbonyl (C=O) groups is 1. The van der Waals surface area contributed by atoms with Crippen molar-refractivity contribution >= 4 is 5.91 Å². The number of H-pyrrole nitrogens is 1. The molecule has 0 saturated carbocycles. The molecule has 1 atom stereocenters. The van der Waals surface area contributed by atoms with Crippen molar-refractivity contribution in [2.75, 3.05) is 13.1 Å². The van der Waals surface area contributed by atoms with Gasteiger partial charge in [-0.25, -0.2) is 4.68 Å². The van der Waals surface area contributed by atoms with Crippen molar-refractivity contribution in [3.63, 3.8) is 0 Å². The normalized spacial score (nSPS) is 16.8. The van der Waals surface area contributed by atoms with E-state index in [1.54, 1.807) is 12.4 Å². The lowest BCUT2D eigenvalue weighted by atomic mass is 10.1. The second-order valence-electron chi connectivity index (χ2n) is 7.66. The Morgan fingerprint density at radius 3 is 2.72 bits per heavy atom. The van der Waals surface area contributed by atoms with Gasteiger partial charge in [0.2, 0.25) is 0 Å². The van der Waals surface area contributed by atoms with Gasteiger partial charge in [-0.1, -0.05) is 6.07 Å². The summed E-state index contributed by atoms with van der Waals surface area (Å²) < 4.78 is 1.41. The summed E-state index contributed by atoms with van der Waals surface area (Å²) in [6.45, 7) is 6.58. The van der Waals surface area contributed by atoms with Gasteiger partial charge in [-0.15, -0.1) is 0 Å². The van der Waals surface area contributed by atoms with Crippen LogP contribution in [0.5, 0.6) is 0 Å². The molecule has 29 heavy (non-hydrogen) atoms. The molecule has 1 fully saturated rings. The Hall–Kier alpha value is -3.19. The van der Waals surface area contributed by atoms with E-state index in [-0.39, 0.29) is 23.2 Å². The van der Waals surface area contributed by atoms with Crippen LogP contribution in [-0.4, -0.2) is 44.7 Å². The number of aromatic nitrogens is 3. The van der Waals surface area contributed by atoms with Crippen LogP contribution in [0.3, 0.4) is 0 Å².